The Balaban J connectivity index is 0.000000238. The van der Waals surface area contributed by atoms with Crippen LogP contribution in [0.1, 0.15) is 87.0 Å². The van der Waals surface area contributed by atoms with Crippen molar-refractivity contribution in [1.29, 1.82) is 0 Å². The molecule has 0 nitrogen and oxygen atoms in total. The van der Waals surface area contributed by atoms with Crippen LogP contribution >= 0.6 is 17.0 Å². The van der Waals surface area contributed by atoms with Crippen molar-refractivity contribution in [3.8, 4) is 22.3 Å². The van der Waals surface area contributed by atoms with E-state index in [1.54, 1.807) is 23.8 Å². The van der Waals surface area contributed by atoms with Crippen molar-refractivity contribution in [3.05, 3.63) is 131 Å². The van der Waals surface area contributed by atoms with Crippen LogP contribution in [0.3, 0.4) is 0 Å². The van der Waals surface area contributed by atoms with Crippen molar-refractivity contribution in [2.24, 2.45) is 0 Å². The Hall–Kier alpha value is -2.85. The third-order valence-electron chi connectivity index (χ3n) is 10.9. The number of hydrogen-bond acceptors (Lipinski definition) is 0. The van der Waals surface area contributed by atoms with Gasteiger partial charge in [0.2, 0.25) is 0 Å². The molecule has 1 fully saturated rings. The maximum absolute atomic E-state index is 13.3. The number of hydrogen-bond donors (Lipinski definition) is 0. The van der Waals surface area contributed by atoms with Crippen LogP contribution in [0.2, 0.25) is 13.1 Å². The van der Waals surface area contributed by atoms with Crippen molar-refractivity contribution < 1.29 is 60.4 Å². The van der Waals surface area contributed by atoms with Gasteiger partial charge in [0.1, 0.15) is 0 Å². The fourth-order valence-electron chi connectivity index (χ4n) is 7.85. The summed E-state index contributed by atoms with van der Waals surface area (Å²) in [4.78, 5) is 0. The van der Waals surface area contributed by atoms with Gasteiger partial charge in [-0.15, -0.1) is 69.1 Å². The van der Waals surface area contributed by atoms with Gasteiger partial charge in [-0.05, 0) is 53.4 Å². The fourth-order valence-corrected chi connectivity index (χ4v) is 7.85. The molecule has 0 atom stereocenters. The number of halogens is 11. The van der Waals surface area contributed by atoms with E-state index in [0.717, 1.165) is 38.5 Å². The second-order valence-corrected chi connectivity index (χ2v) is 19.9. The molecule has 6 aromatic carbocycles. The molecule has 1 saturated carbocycles. The Morgan fingerprint density at radius 3 is 1.52 bits per heavy atom. The van der Waals surface area contributed by atoms with Crippen LogP contribution < -0.4 is 0 Å². The number of alkyl halides is 9. The van der Waals surface area contributed by atoms with Gasteiger partial charge in [0.05, 0.1) is 0 Å². The average molecular weight is 973 g/mol. The first-order valence-corrected chi connectivity index (χ1v) is 28.0. The molecule has 0 bridgehead atoms. The summed E-state index contributed by atoms with van der Waals surface area (Å²) < 4.78 is 120. The third-order valence-corrected chi connectivity index (χ3v) is 10.9. The van der Waals surface area contributed by atoms with E-state index in [1.807, 2.05) is 19.1 Å². The summed E-state index contributed by atoms with van der Waals surface area (Å²) in [6.45, 7) is 10.7. The van der Waals surface area contributed by atoms with Gasteiger partial charge in [-0.25, -0.2) is 0 Å². The van der Waals surface area contributed by atoms with E-state index < -0.39 is 50.4 Å². The van der Waals surface area contributed by atoms with Crippen molar-refractivity contribution in [2.45, 2.75) is 108 Å². The molecule has 0 saturated heterocycles. The van der Waals surface area contributed by atoms with Crippen LogP contribution in [0.15, 0.2) is 109 Å². The summed E-state index contributed by atoms with van der Waals surface area (Å²) in [7, 11) is 11.0. The summed E-state index contributed by atoms with van der Waals surface area (Å²) >= 11 is -0.826. The molecule has 0 N–H and O–H groups in total. The molecular weight excluding hydrogens is 926 g/mol. The van der Waals surface area contributed by atoms with Gasteiger partial charge < -0.3 is 0 Å². The Labute approximate surface area is 368 Å². The Morgan fingerprint density at radius 2 is 1.08 bits per heavy atom. The van der Waals surface area contributed by atoms with Crippen LogP contribution in [0.4, 0.5) is 39.5 Å². The molecular formula is C47H47Cl2F9SiZr. The van der Waals surface area contributed by atoms with Gasteiger partial charge in [0, 0.05) is 9.52 Å². The third kappa shape index (κ3) is 11.2. The molecule has 0 heterocycles. The standard InChI is InChI=1S/C24H27.C21H14F9.C2H6Si.2ClH.Zr/c1-17(2)18-11-13-20(14-12-18)23-10-6-9-21-15-22(16-24(21)23)19-7-4-3-5-8-19;1-2-12-10-14-4-3-5-16(17(14)11-12)13-6-8-15(9-7-13)18(19(22,23)24,20(25,26)27)21(28,29)30;1-3-2;;;/h6,9-17,19H,3-5,7-8H2,1-2H3;3-11H,2H2,1H3;1-2H3;2*1H;/q2*-1;;;;+4/p-2. The predicted molar refractivity (Wildman–Crippen MR) is 228 cm³/mol. The Kier molecular flexibility index (Phi) is 17.8. The van der Waals surface area contributed by atoms with Gasteiger partial charge in [0.15, 0.2) is 0 Å². The summed E-state index contributed by atoms with van der Waals surface area (Å²) in [5.74, 6) is 1.37. The molecule has 0 aromatic heterocycles. The topological polar surface area (TPSA) is 0 Å². The van der Waals surface area contributed by atoms with Crippen LogP contribution in [-0.2, 0) is 32.7 Å². The average Bonchev–Trinajstić information content (AvgIpc) is 3.83. The van der Waals surface area contributed by atoms with Gasteiger partial charge in [-0.3, -0.25) is 0 Å². The van der Waals surface area contributed by atoms with Crippen LogP contribution in [-0.4, -0.2) is 28.0 Å². The molecule has 320 valence electrons. The monoisotopic (exact) mass is 970 g/mol. The number of benzene rings is 4. The minimum atomic E-state index is -6.63. The molecule has 0 amide bonds. The zero-order valence-electron chi connectivity index (χ0n) is 33.9. The van der Waals surface area contributed by atoms with E-state index in [9.17, 15) is 39.5 Å². The van der Waals surface area contributed by atoms with Gasteiger partial charge in [0.25, 0.3) is 5.41 Å². The van der Waals surface area contributed by atoms with Gasteiger partial charge in [-0.1, -0.05) is 125 Å². The second-order valence-electron chi connectivity index (χ2n) is 15.1. The van der Waals surface area contributed by atoms with Crippen LogP contribution in [0.5, 0.6) is 0 Å². The zero-order chi connectivity index (χ0) is 44.5. The van der Waals surface area contributed by atoms with E-state index in [2.05, 4.69) is 81.5 Å². The first-order valence-electron chi connectivity index (χ1n) is 19.6. The van der Waals surface area contributed by atoms with Crippen LogP contribution in [0, 0.1) is 0 Å². The van der Waals surface area contributed by atoms with Crippen molar-refractivity contribution in [1.82, 2.24) is 0 Å². The van der Waals surface area contributed by atoms with Crippen molar-refractivity contribution in [2.75, 3.05) is 0 Å². The summed E-state index contributed by atoms with van der Waals surface area (Å²) in [6, 6.07) is 31.7. The molecule has 1 aliphatic rings. The number of fused-ring (bicyclic) bond motifs is 2. The number of rotatable bonds is 6. The molecule has 60 heavy (non-hydrogen) atoms. The first-order chi connectivity index (χ1) is 28.3. The van der Waals surface area contributed by atoms with E-state index >= 15 is 0 Å². The Morgan fingerprint density at radius 1 is 0.650 bits per heavy atom. The summed E-state index contributed by atoms with van der Waals surface area (Å²) in [5, 5.41) is 4.34. The van der Waals surface area contributed by atoms with E-state index in [0.29, 0.717) is 23.3 Å². The fraction of sp³-hybridized carbons (Fsp3) is 0.362. The molecule has 7 rings (SSSR count). The van der Waals surface area contributed by atoms with E-state index in [1.165, 1.54) is 59.6 Å². The quantitative estimate of drug-likeness (QED) is 0.0886. The van der Waals surface area contributed by atoms with Crippen LogP contribution in [0.25, 0.3) is 43.8 Å². The van der Waals surface area contributed by atoms with Gasteiger partial charge >= 0.3 is 56.4 Å². The molecule has 2 radical (unpaired) electrons. The summed E-state index contributed by atoms with van der Waals surface area (Å²) in [6.07, 6.45) is -12.2. The zero-order valence-corrected chi connectivity index (χ0v) is 38.9. The van der Waals surface area contributed by atoms with Crippen molar-refractivity contribution >= 4 is 48.1 Å². The minimum absolute atomic E-state index is 0.207. The molecule has 6 aromatic rings. The Bertz CT molecular complexity index is 2190. The van der Waals surface area contributed by atoms with E-state index in [-0.39, 0.29) is 17.7 Å². The molecule has 0 aliphatic heterocycles. The number of aryl methyl sites for hydroxylation is 1. The molecule has 13 heteroatoms. The van der Waals surface area contributed by atoms with Crippen molar-refractivity contribution in [3.63, 3.8) is 0 Å². The van der Waals surface area contributed by atoms with Gasteiger partial charge in [-0.2, -0.15) is 51.6 Å². The summed E-state index contributed by atoms with van der Waals surface area (Å²) in [5.41, 5.74) is -0.536. The molecule has 0 spiro atoms. The second kappa shape index (κ2) is 21.5. The maximum atomic E-state index is 13.3. The predicted octanol–water partition coefficient (Wildman–Crippen LogP) is 17.3. The first kappa shape index (κ1) is 49.8. The normalized spacial score (nSPS) is 13.8. The molecule has 0 unspecified atom stereocenters. The molecule has 1 aliphatic carbocycles. The SMILES string of the molecule is CC(C)c1ccc(-c2cccc3[cH-]c(C4CCCCC4)cc23)cc1.CCc1cc2c(-c3ccc(C(C(F)(F)F)(C(F)(F)F)C(F)(F)F)cc3)cccc2[cH-]1.C[Si]C.[Cl][Zr+2][Cl]. The van der Waals surface area contributed by atoms with E-state index in [4.69, 9.17) is 17.0 Å².